The number of methoxy groups -OCH3 is 1. The zero-order chi connectivity index (χ0) is 26.8. The molecule has 39 heavy (non-hydrogen) atoms. The fourth-order valence-corrected chi connectivity index (χ4v) is 6.42. The molecule has 6 rings (SSSR count). The first kappa shape index (κ1) is 25.4. The molecule has 0 bridgehead atoms. The summed E-state index contributed by atoms with van der Waals surface area (Å²) in [7, 11) is 1.61. The molecule has 2 aromatic heterocycles. The molecule has 0 saturated carbocycles. The maximum Gasteiger partial charge on any atom is 0.257 e. The molecule has 8 heteroatoms. The molecule has 4 aromatic rings. The molecule has 1 atom stereocenters. The molecule has 0 radical (unpaired) electrons. The van der Waals surface area contributed by atoms with Crippen LogP contribution in [0.5, 0.6) is 11.5 Å². The predicted octanol–water partition coefficient (Wildman–Crippen LogP) is 6.30. The van der Waals surface area contributed by atoms with E-state index in [9.17, 15) is 10.1 Å². The molecular formula is C31H29N3O4S. The van der Waals surface area contributed by atoms with E-state index in [-0.39, 0.29) is 12.0 Å². The lowest BCUT2D eigenvalue weighted by Gasteiger charge is -2.27. The van der Waals surface area contributed by atoms with E-state index < -0.39 is 0 Å². The minimum atomic E-state index is -0.0195. The zero-order valence-corrected chi connectivity index (χ0v) is 22.6. The van der Waals surface area contributed by atoms with Crippen LogP contribution in [0.1, 0.15) is 41.6 Å². The van der Waals surface area contributed by atoms with Gasteiger partial charge in [0.2, 0.25) is 0 Å². The Balaban J connectivity index is 1.32. The van der Waals surface area contributed by atoms with Gasteiger partial charge in [-0.15, -0.1) is 11.3 Å². The number of thiophene rings is 1. The summed E-state index contributed by atoms with van der Waals surface area (Å²) in [5, 5.41) is 9.81. The third kappa shape index (κ3) is 5.08. The van der Waals surface area contributed by atoms with E-state index in [1.165, 1.54) is 6.42 Å². The fourth-order valence-electron chi connectivity index (χ4n) is 5.27. The topological polar surface area (TPSA) is 84.7 Å². The Labute approximate surface area is 231 Å². The summed E-state index contributed by atoms with van der Waals surface area (Å²) < 4.78 is 18.1. The maximum absolute atomic E-state index is 13.1. The second-order valence-electron chi connectivity index (χ2n) is 9.88. The number of piperidine rings is 1. The van der Waals surface area contributed by atoms with Crippen LogP contribution in [0, 0.1) is 11.3 Å². The second-order valence-corrected chi connectivity index (χ2v) is 10.9. The molecule has 1 unspecified atom stereocenters. The molecule has 0 aliphatic carbocycles. The number of ether oxygens (including phenoxy) is 3. The van der Waals surface area contributed by atoms with Gasteiger partial charge in [-0.05, 0) is 66.8 Å². The van der Waals surface area contributed by atoms with Gasteiger partial charge < -0.3 is 19.1 Å². The summed E-state index contributed by atoms with van der Waals surface area (Å²) in [5.74, 6) is 1.19. The highest BCUT2D eigenvalue weighted by molar-refractivity contribution is 7.22. The first-order chi connectivity index (χ1) is 19.1. The van der Waals surface area contributed by atoms with Gasteiger partial charge >= 0.3 is 0 Å². The Bertz CT molecular complexity index is 1560. The normalized spacial score (nSPS) is 17.2. The average Bonchev–Trinajstić information content (AvgIpc) is 3.67. The van der Waals surface area contributed by atoms with Crippen LogP contribution < -0.4 is 9.47 Å². The van der Waals surface area contributed by atoms with E-state index in [4.69, 9.17) is 14.2 Å². The molecule has 1 amide bonds. The van der Waals surface area contributed by atoms with Crippen molar-refractivity contribution in [1.29, 1.82) is 5.26 Å². The molecular weight excluding hydrogens is 510 g/mol. The fraction of sp³-hybridized carbons (Fsp3) is 0.323. The van der Waals surface area contributed by atoms with Crippen LogP contribution in [0.2, 0.25) is 0 Å². The predicted molar refractivity (Wildman–Crippen MR) is 151 cm³/mol. The number of carbonyl (C=O) groups is 1. The van der Waals surface area contributed by atoms with Gasteiger partial charge in [0.1, 0.15) is 23.7 Å². The van der Waals surface area contributed by atoms with Crippen molar-refractivity contribution in [3.8, 4) is 39.1 Å². The molecule has 2 aliphatic heterocycles. The van der Waals surface area contributed by atoms with Gasteiger partial charge in [0, 0.05) is 36.1 Å². The number of amides is 1. The number of aromatic nitrogens is 1. The Morgan fingerprint density at radius 3 is 2.69 bits per heavy atom. The van der Waals surface area contributed by atoms with Crippen LogP contribution in [0.15, 0.2) is 54.7 Å². The molecule has 0 N–H and O–H groups in total. The summed E-state index contributed by atoms with van der Waals surface area (Å²) >= 11 is 1.63. The van der Waals surface area contributed by atoms with Crippen molar-refractivity contribution in [3.63, 3.8) is 0 Å². The summed E-state index contributed by atoms with van der Waals surface area (Å²) in [6.07, 6.45) is 5.87. The van der Waals surface area contributed by atoms with Crippen molar-refractivity contribution < 1.29 is 19.0 Å². The standard InChI is InChI=1S/C31H29N3O4S/c1-36-28-16-21(5-7-25(28)31(35)34-12-3-2-4-13-34)29-17-26-30(39-29)24(9-11-33-26)20-6-8-27(22(15-20)18-32)38-23-10-14-37-19-23/h5-9,11,15-17,23H,2-4,10,12-14,19H2,1H3. The summed E-state index contributed by atoms with van der Waals surface area (Å²) in [5.41, 5.74) is 4.88. The largest absolute Gasteiger partial charge is 0.496 e. The zero-order valence-electron chi connectivity index (χ0n) is 21.8. The third-order valence-electron chi connectivity index (χ3n) is 7.36. The van der Waals surface area contributed by atoms with Crippen molar-refractivity contribution in [2.45, 2.75) is 31.8 Å². The summed E-state index contributed by atoms with van der Waals surface area (Å²) in [6.45, 7) is 2.83. The molecule has 2 saturated heterocycles. The molecule has 4 heterocycles. The number of rotatable bonds is 6. The molecule has 2 aliphatic rings. The van der Waals surface area contributed by atoms with Gasteiger partial charge in [0.25, 0.3) is 5.91 Å². The Kier molecular flexibility index (Phi) is 7.18. The molecule has 0 spiro atoms. The van der Waals surface area contributed by atoms with E-state index >= 15 is 0 Å². The highest BCUT2D eigenvalue weighted by Gasteiger charge is 2.23. The number of hydrogen-bond acceptors (Lipinski definition) is 7. The molecule has 2 fully saturated rings. The SMILES string of the molecule is COc1cc(-c2cc3nccc(-c4ccc(OC5CCOC5)c(C#N)c4)c3s2)ccc1C(=O)N1CCCCC1. The minimum Gasteiger partial charge on any atom is -0.496 e. The van der Waals surface area contributed by atoms with Gasteiger partial charge in [-0.1, -0.05) is 12.1 Å². The highest BCUT2D eigenvalue weighted by Crippen LogP contribution is 2.40. The lowest BCUT2D eigenvalue weighted by atomic mass is 10.0. The molecule has 2 aromatic carbocycles. The van der Waals surface area contributed by atoms with E-state index in [2.05, 4.69) is 17.1 Å². The smallest absolute Gasteiger partial charge is 0.257 e. The Morgan fingerprint density at radius 1 is 1.08 bits per heavy atom. The average molecular weight is 540 g/mol. The van der Waals surface area contributed by atoms with Crippen LogP contribution in [0.3, 0.4) is 0 Å². The van der Waals surface area contributed by atoms with E-state index in [0.29, 0.717) is 35.8 Å². The minimum absolute atomic E-state index is 0.0195. The van der Waals surface area contributed by atoms with Gasteiger partial charge in [-0.25, -0.2) is 0 Å². The molecule has 7 nitrogen and oxygen atoms in total. The third-order valence-corrected chi connectivity index (χ3v) is 8.57. The Hall–Kier alpha value is -3.93. The monoisotopic (exact) mass is 539 g/mol. The number of nitriles is 1. The molecule has 198 valence electrons. The van der Waals surface area contributed by atoms with Crippen molar-refractivity contribution >= 4 is 27.5 Å². The lowest BCUT2D eigenvalue weighted by Crippen LogP contribution is -2.35. The van der Waals surface area contributed by atoms with E-state index in [1.807, 2.05) is 47.4 Å². The van der Waals surface area contributed by atoms with Crippen molar-refractivity contribution in [2.24, 2.45) is 0 Å². The van der Waals surface area contributed by atoms with E-state index in [0.717, 1.165) is 64.1 Å². The maximum atomic E-state index is 13.1. The Morgan fingerprint density at radius 2 is 1.92 bits per heavy atom. The second kappa shape index (κ2) is 11.0. The van der Waals surface area contributed by atoms with Crippen molar-refractivity contribution in [2.75, 3.05) is 33.4 Å². The number of fused-ring (bicyclic) bond motifs is 1. The van der Waals surface area contributed by atoms with Crippen molar-refractivity contribution in [3.05, 3.63) is 65.9 Å². The summed E-state index contributed by atoms with van der Waals surface area (Å²) in [4.78, 5) is 20.7. The van der Waals surface area contributed by atoms with Gasteiger partial charge in [-0.2, -0.15) is 5.26 Å². The quantitative estimate of drug-likeness (QED) is 0.286. The summed E-state index contributed by atoms with van der Waals surface area (Å²) in [6, 6.07) is 17.9. The number of nitrogens with zero attached hydrogens (tertiary/aromatic N) is 3. The number of hydrogen-bond donors (Lipinski definition) is 0. The van der Waals surface area contributed by atoms with Gasteiger partial charge in [0.15, 0.2) is 0 Å². The first-order valence-electron chi connectivity index (χ1n) is 13.3. The van der Waals surface area contributed by atoms with Gasteiger partial charge in [-0.3, -0.25) is 9.78 Å². The first-order valence-corrected chi connectivity index (χ1v) is 14.1. The number of pyridine rings is 1. The van der Waals surface area contributed by atoms with Crippen LogP contribution >= 0.6 is 11.3 Å². The van der Waals surface area contributed by atoms with E-state index in [1.54, 1.807) is 24.6 Å². The number of likely N-dealkylation sites (tertiary alicyclic amines) is 1. The van der Waals surface area contributed by atoms with Crippen molar-refractivity contribution in [1.82, 2.24) is 9.88 Å². The lowest BCUT2D eigenvalue weighted by molar-refractivity contribution is 0.0721. The van der Waals surface area contributed by atoms with Crippen LogP contribution in [-0.2, 0) is 4.74 Å². The highest BCUT2D eigenvalue weighted by atomic mass is 32.1. The van der Waals surface area contributed by atoms with Gasteiger partial charge in [0.05, 0.1) is 41.7 Å². The van der Waals surface area contributed by atoms with Crippen LogP contribution in [0.4, 0.5) is 0 Å². The van der Waals surface area contributed by atoms with Crippen LogP contribution in [-0.4, -0.2) is 55.3 Å². The van der Waals surface area contributed by atoms with Crippen LogP contribution in [0.25, 0.3) is 31.8 Å². The number of benzene rings is 2. The number of carbonyl (C=O) groups excluding carboxylic acids is 1.